The van der Waals surface area contributed by atoms with E-state index in [9.17, 15) is 9.59 Å². The largest absolute Gasteiger partial charge is 0.455 e. The number of hydrogen-bond acceptors (Lipinski definition) is 3. The van der Waals surface area contributed by atoms with Crippen LogP contribution >= 0.6 is 23.2 Å². The Labute approximate surface area is 150 Å². The first kappa shape index (κ1) is 18.3. The number of carbonyl (C=O) groups is 2. The van der Waals surface area contributed by atoms with Gasteiger partial charge in [0.2, 0.25) is 0 Å². The molecule has 6 heteroatoms. The van der Waals surface area contributed by atoms with Crippen LogP contribution in [0, 0.1) is 0 Å². The van der Waals surface area contributed by atoms with E-state index in [0.29, 0.717) is 10.0 Å². The maximum Gasteiger partial charge on any atom is 0.310 e. The highest BCUT2D eigenvalue weighted by Gasteiger charge is 2.12. The fraction of sp³-hybridized carbons (Fsp3) is 0.222. The molecule has 0 heterocycles. The Hall–Kier alpha value is -2.04. The summed E-state index contributed by atoms with van der Waals surface area (Å²) >= 11 is 11.6. The molecule has 0 aliphatic carbocycles. The van der Waals surface area contributed by atoms with Gasteiger partial charge in [-0.2, -0.15) is 0 Å². The Morgan fingerprint density at radius 2 is 1.54 bits per heavy atom. The van der Waals surface area contributed by atoms with Crippen LogP contribution in [0.1, 0.15) is 24.1 Å². The number of ether oxygens (including phenoxy) is 1. The molecule has 126 valence electrons. The Bertz CT molecular complexity index is 699. The first-order chi connectivity index (χ1) is 11.4. The number of carbonyl (C=O) groups excluding carboxylic acids is 2. The third kappa shape index (κ3) is 5.87. The molecule has 24 heavy (non-hydrogen) atoms. The minimum absolute atomic E-state index is 0.0944. The number of hydrogen-bond donors (Lipinski definition) is 1. The van der Waals surface area contributed by atoms with E-state index in [1.54, 1.807) is 36.4 Å². The Morgan fingerprint density at radius 1 is 1.00 bits per heavy atom. The lowest BCUT2D eigenvalue weighted by molar-refractivity contribution is -0.148. The van der Waals surface area contributed by atoms with Crippen LogP contribution in [0.3, 0.4) is 0 Å². The van der Waals surface area contributed by atoms with Crippen molar-refractivity contribution in [3.8, 4) is 0 Å². The van der Waals surface area contributed by atoms with Gasteiger partial charge in [0.15, 0.2) is 6.61 Å². The molecule has 0 fully saturated rings. The zero-order chi connectivity index (χ0) is 17.5. The number of rotatable bonds is 6. The topological polar surface area (TPSA) is 55.4 Å². The Kier molecular flexibility index (Phi) is 6.64. The molecular formula is C18H17Cl2NO3. The minimum atomic E-state index is -0.466. The maximum absolute atomic E-state index is 11.9. The lowest BCUT2D eigenvalue weighted by atomic mass is 10.1. The Morgan fingerprint density at radius 3 is 2.12 bits per heavy atom. The molecule has 2 aromatic rings. The second kappa shape index (κ2) is 8.71. The zero-order valence-corrected chi connectivity index (χ0v) is 14.6. The summed E-state index contributed by atoms with van der Waals surface area (Å²) in [7, 11) is 0. The molecular weight excluding hydrogens is 349 g/mol. The van der Waals surface area contributed by atoms with E-state index in [-0.39, 0.29) is 25.0 Å². The van der Waals surface area contributed by atoms with Gasteiger partial charge < -0.3 is 10.1 Å². The van der Waals surface area contributed by atoms with Gasteiger partial charge in [0.1, 0.15) is 0 Å². The van der Waals surface area contributed by atoms with Crippen LogP contribution in [-0.2, 0) is 20.7 Å². The fourth-order valence-electron chi connectivity index (χ4n) is 2.08. The van der Waals surface area contributed by atoms with E-state index in [1.165, 1.54) is 0 Å². The van der Waals surface area contributed by atoms with Gasteiger partial charge in [-0.1, -0.05) is 47.5 Å². The summed E-state index contributed by atoms with van der Waals surface area (Å²) in [5.41, 5.74) is 1.69. The van der Waals surface area contributed by atoms with Crippen LogP contribution in [-0.4, -0.2) is 18.5 Å². The van der Waals surface area contributed by atoms with E-state index in [0.717, 1.165) is 11.1 Å². The summed E-state index contributed by atoms with van der Waals surface area (Å²) in [6, 6.07) is 13.9. The molecule has 4 nitrogen and oxygen atoms in total. The lowest BCUT2D eigenvalue weighted by Gasteiger charge is -2.14. The zero-order valence-electron chi connectivity index (χ0n) is 13.1. The Balaban J connectivity index is 1.76. The molecule has 1 atom stereocenters. The van der Waals surface area contributed by atoms with Crippen molar-refractivity contribution in [2.75, 3.05) is 6.61 Å². The smallest absolute Gasteiger partial charge is 0.310 e. The van der Waals surface area contributed by atoms with Gasteiger partial charge >= 0.3 is 5.97 Å². The molecule has 0 bridgehead atoms. The molecule has 0 saturated heterocycles. The summed E-state index contributed by atoms with van der Waals surface area (Å²) in [5.74, 6) is -0.825. The van der Waals surface area contributed by atoms with Crippen molar-refractivity contribution >= 4 is 35.1 Å². The molecule has 0 spiro atoms. The van der Waals surface area contributed by atoms with Crippen molar-refractivity contribution in [3.63, 3.8) is 0 Å². The SMILES string of the molecule is C[C@@H](NC(=O)COC(=O)Cc1ccc(Cl)cc1)c1ccc(Cl)cc1. The molecule has 2 aromatic carbocycles. The highest BCUT2D eigenvalue weighted by Crippen LogP contribution is 2.16. The van der Waals surface area contributed by atoms with Crippen LogP contribution in [0.25, 0.3) is 0 Å². The molecule has 1 N–H and O–H groups in total. The number of benzene rings is 2. The van der Waals surface area contributed by atoms with Gasteiger partial charge in [-0.3, -0.25) is 9.59 Å². The molecule has 0 aliphatic rings. The average Bonchev–Trinajstić information content (AvgIpc) is 2.55. The monoisotopic (exact) mass is 365 g/mol. The van der Waals surface area contributed by atoms with Gasteiger partial charge in [0.25, 0.3) is 5.91 Å². The summed E-state index contributed by atoms with van der Waals surface area (Å²) in [6.07, 6.45) is 0.0944. The third-order valence-electron chi connectivity index (χ3n) is 3.37. The normalized spacial score (nSPS) is 11.6. The first-order valence-corrected chi connectivity index (χ1v) is 8.14. The van der Waals surface area contributed by atoms with Crippen molar-refractivity contribution in [1.82, 2.24) is 5.32 Å². The molecule has 1 amide bonds. The molecule has 0 aromatic heterocycles. The second-order valence-electron chi connectivity index (χ2n) is 5.30. The highest BCUT2D eigenvalue weighted by molar-refractivity contribution is 6.30. The van der Waals surface area contributed by atoms with E-state index >= 15 is 0 Å². The van der Waals surface area contributed by atoms with Crippen LogP contribution in [0.2, 0.25) is 10.0 Å². The average molecular weight is 366 g/mol. The van der Waals surface area contributed by atoms with E-state index in [2.05, 4.69) is 5.32 Å². The maximum atomic E-state index is 11.9. The van der Waals surface area contributed by atoms with E-state index in [4.69, 9.17) is 27.9 Å². The van der Waals surface area contributed by atoms with Gasteiger partial charge in [-0.25, -0.2) is 0 Å². The van der Waals surface area contributed by atoms with E-state index < -0.39 is 5.97 Å². The van der Waals surface area contributed by atoms with Crippen molar-refractivity contribution in [1.29, 1.82) is 0 Å². The van der Waals surface area contributed by atoms with Crippen LogP contribution in [0.4, 0.5) is 0 Å². The first-order valence-electron chi connectivity index (χ1n) is 7.39. The fourth-order valence-corrected chi connectivity index (χ4v) is 2.34. The molecule has 0 saturated carbocycles. The van der Waals surface area contributed by atoms with Crippen molar-refractivity contribution < 1.29 is 14.3 Å². The number of nitrogens with one attached hydrogen (secondary N) is 1. The van der Waals surface area contributed by atoms with Gasteiger partial charge in [0, 0.05) is 10.0 Å². The van der Waals surface area contributed by atoms with Crippen LogP contribution in [0.5, 0.6) is 0 Å². The highest BCUT2D eigenvalue weighted by atomic mass is 35.5. The standard InChI is InChI=1S/C18H17Cl2NO3/c1-12(14-4-8-16(20)9-5-14)21-17(22)11-24-18(23)10-13-2-6-15(19)7-3-13/h2-9,12H,10-11H2,1H3,(H,21,22)/t12-/m1/s1. The van der Waals surface area contributed by atoms with Gasteiger partial charge in [-0.15, -0.1) is 0 Å². The predicted molar refractivity (Wildman–Crippen MR) is 94.1 cm³/mol. The van der Waals surface area contributed by atoms with E-state index in [1.807, 2.05) is 19.1 Å². The molecule has 0 radical (unpaired) electrons. The third-order valence-corrected chi connectivity index (χ3v) is 3.88. The molecule has 0 unspecified atom stereocenters. The summed E-state index contributed by atoms with van der Waals surface area (Å²) < 4.78 is 4.99. The predicted octanol–water partition coefficient (Wildman–Crippen LogP) is 3.96. The van der Waals surface area contributed by atoms with Crippen molar-refractivity contribution in [2.24, 2.45) is 0 Å². The van der Waals surface area contributed by atoms with Crippen molar-refractivity contribution in [3.05, 3.63) is 69.7 Å². The molecule has 0 aliphatic heterocycles. The summed E-state index contributed by atoms with van der Waals surface area (Å²) in [5, 5.41) is 4.00. The lowest BCUT2D eigenvalue weighted by Crippen LogP contribution is -2.31. The number of halogens is 2. The minimum Gasteiger partial charge on any atom is -0.455 e. The van der Waals surface area contributed by atoms with Crippen LogP contribution in [0.15, 0.2) is 48.5 Å². The van der Waals surface area contributed by atoms with Gasteiger partial charge in [-0.05, 0) is 42.3 Å². The van der Waals surface area contributed by atoms with Gasteiger partial charge in [0.05, 0.1) is 12.5 Å². The van der Waals surface area contributed by atoms with Crippen LogP contribution < -0.4 is 5.32 Å². The summed E-state index contributed by atoms with van der Waals surface area (Å²) in [4.78, 5) is 23.6. The van der Waals surface area contributed by atoms with Crippen molar-refractivity contribution in [2.45, 2.75) is 19.4 Å². The molecule has 2 rings (SSSR count). The number of esters is 1. The second-order valence-corrected chi connectivity index (χ2v) is 6.18. The quantitative estimate of drug-likeness (QED) is 0.788. The number of amides is 1. The summed E-state index contributed by atoms with van der Waals surface area (Å²) in [6.45, 7) is 1.53.